The van der Waals surface area contributed by atoms with E-state index < -0.39 is 6.04 Å². The zero-order chi connectivity index (χ0) is 27.8. The van der Waals surface area contributed by atoms with Crippen LogP contribution in [0.2, 0.25) is 0 Å². The van der Waals surface area contributed by atoms with Gasteiger partial charge in [0.2, 0.25) is 0 Å². The number of fused-ring (bicyclic) bond motifs is 1. The van der Waals surface area contributed by atoms with Crippen molar-refractivity contribution >= 4 is 44.9 Å². The van der Waals surface area contributed by atoms with Crippen molar-refractivity contribution in [1.29, 1.82) is 0 Å². The maximum absolute atomic E-state index is 13.9. The summed E-state index contributed by atoms with van der Waals surface area (Å²) in [6, 6.07) is 28.1. The number of anilines is 1. The maximum Gasteiger partial charge on any atom is 0.271 e. The summed E-state index contributed by atoms with van der Waals surface area (Å²) in [6.07, 6.45) is 1.74. The lowest BCUT2D eigenvalue weighted by atomic mass is 9.95. The first-order valence-electron chi connectivity index (χ1n) is 12.7. The summed E-state index contributed by atoms with van der Waals surface area (Å²) < 4.78 is 9.13. The van der Waals surface area contributed by atoms with Crippen molar-refractivity contribution < 1.29 is 9.21 Å². The molecule has 1 aliphatic heterocycles. The Balaban J connectivity index is 1.44. The molecule has 0 radical (unpaired) electrons. The van der Waals surface area contributed by atoms with Crippen LogP contribution in [0, 0.1) is 6.92 Å². The molecule has 6 rings (SSSR count). The highest BCUT2D eigenvalue weighted by molar-refractivity contribution is 9.10. The Labute approximate surface area is 242 Å². The van der Waals surface area contributed by atoms with E-state index in [0.717, 1.165) is 26.9 Å². The van der Waals surface area contributed by atoms with E-state index in [9.17, 15) is 9.59 Å². The van der Waals surface area contributed by atoms with Crippen LogP contribution in [0.15, 0.2) is 121 Å². The second kappa shape index (κ2) is 10.7. The van der Waals surface area contributed by atoms with Crippen molar-refractivity contribution in [3.05, 3.63) is 143 Å². The van der Waals surface area contributed by atoms with Crippen LogP contribution in [0.4, 0.5) is 5.69 Å². The molecule has 40 heavy (non-hydrogen) atoms. The lowest BCUT2D eigenvalue weighted by Crippen LogP contribution is -2.40. The van der Waals surface area contributed by atoms with Gasteiger partial charge < -0.3 is 9.73 Å². The number of aryl methyl sites for hydroxylation is 1. The molecule has 8 heteroatoms. The zero-order valence-corrected chi connectivity index (χ0v) is 24.1. The molecule has 1 amide bonds. The standard InChI is InChI=1S/C32H24BrN3O3S/c1-19-8-6-7-11-25(19)35-30(37)28-20(2)34-32-36(29(28)22-9-4-3-5-10-22)31(38)27(40-32)18-24-16-17-26(39-24)21-12-14-23(33)15-13-21/h3-18,29H,1-2H3,(H,35,37)/b27-18+/t29-/m1/s1. The Hall–Kier alpha value is -4.27. The van der Waals surface area contributed by atoms with Gasteiger partial charge in [0.15, 0.2) is 4.80 Å². The van der Waals surface area contributed by atoms with Crippen molar-refractivity contribution in [2.24, 2.45) is 4.99 Å². The summed E-state index contributed by atoms with van der Waals surface area (Å²) >= 11 is 4.73. The lowest BCUT2D eigenvalue weighted by Gasteiger charge is -2.25. The number of hydrogen-bond donors (Lipinski definition) is 1. The third kappa shape index (κ3) is 4.92. The topological polar surface area (TPSA) is 76.6 Å². The van der Waals surface area contributed by atoms with E-state index in [0.29, 0.717) is 32.1 Å². The third-order valence-electron chi connectivity index (χ3n) is 6.80. The first kappa shape index (κ1) is 26.0. The van der Waals surface area contributed by atoms with Gasteiger partial charge in [-0.15, -0.1) is 0 Å². The Kier molecular flexibility index (Phi) is 6.96. The van der Waals surface area contributed by atoms with E-state index in [-0.39, 0.29) is 11.5 Å². The molecule has 198 valence electrons. The number of halogens is 1. The number of allylic oxidation sites excluding steroid dienone is 1. The van der Waals surface area contributed by atoms with Crippen molar-refractivity contribution in [2.75, 3.05) is 5.32 Å². The number of benzene rings is 3. The summed E-state index contributed by atoms with van der Waals surface area (Å²) in [5, 5.41) is 3.03. The Morgan fingerprint density at radius 1 is 0.975 bits per heavy atom. The number of furan rings is 1. The van der Waals surface area contributed by atoms with Gasteiger partial charge in [0, 0.05) is 21.8 Å². The average Bonchev–Trinajstić information content (AvgIpc) is 3.54. The minimum absolute atomic E-state index is 0.229. The number of hydrogen-bond acceptors (Lipinski definition) is 5. The molecule has 0 spiro atoms. The quantitative estimate of drug-likeness (QED) is 0.257. The second-order valence-corrected chi connectivity index (χ2v) is 11.4. The van der Waals surface area contributed by atoms with E-state index in [1.807, 2.05) is 105 Å². The molecule has 1 N–H and O–H groups in total. The molecule has 1 atom stereocenters. The van der Waals surface area contributed by atoms with Crippen LogP contribution in [-0.4, -0.2) is 10.5 Å². The number of para-hydroxylation sites is 1. The van der Waals surface area contributed by atoms with E-state index in [1.54, 1.807) is 10.6 Å². The van der Waals surface area contributed by atoms with E-state index in [4.69, 9.17) is 9.41 Å². The maximum atomic E-state index is 13.9. The van der Waals surface area contributed by atoms with Crippen molar-refractivity contribution in [3.63, 3.8) is 0 Å². The highest BCUT2D eigenvalue weighted by Crippen LogP contribution is 2.31. The van der Waals surface area contributed by atoms with Crippen molar-refractivity contribution in [3.8, 4) is 11.3 Å². The monoisotopic (exact) mass is 609 g/mol. The molecule has 3 heterocycles. The molecule has 0 unspecified atom stereocenters. The molecule has 0 bridgehead atoms. The number of rotatable bonds is 5. The molecule has 1 aliphatic rings. The summed E-state index contributed by atoms with van der Waals surface area (Å²) in [6.45, 7) is 3.76. The highest BCUT2D eigenvalue weighted by atomic mass is 79.9. The third-order valence-corrected chi connectivity index (χ3v) is 8.32. The van der Waals surface area contributed by atoms with Crippen LogP contribution in [0.5, 0.6) is 0 Å². The van der Waals surface area contributed by atoms with Gasteiger partial charge in [0.25, 0.3) is 11.5 Å². The number of carbonyl (C=O) groups is 1. The van der Waals surface area contributed by atoms with Gasteiger partial charge >= 0.3 is 0 Å². The fourth-order valence-electron chi connectivity index (χ4n) is 4.79. The van der Waals surface area contributed by atoms with Crippen LogP contribution in [0.25, 0.3) is 17.4 Å². The molecular formula is C32H24BrN3O3S. The van der Waals surface area contributed by atoms with Gasteiger partial charge in [-0.3, -0.25) is 14.2 Å². The molecule has 0 fully saturated rings. The molecule has 6 nitrogen and oxygen atoms in total. The summed E-state index contributed by atoms with van der Waals surface area (Å²) in [5.41, 5.74) is 4.21. The van der Waals surface area contributed by atoms with Crippen LogP contribution >= 0.6 is 27.3 Å². The van der Waals surface area contributed by atoms with Crippen LogP contribution in [0.3, 0.4) is 0 Å². The van der Waals surface area contributed by atoms with E-state index >= 15 is 0 Å². The fraction of sp³-hybridized carbons (Fsp3) is 0.0938. The zero-order valence-electron chi connectivity index (χ0n) is 21.7. The first-order valence-corrected chi connectivity index (χ1v) is 14.3. The predicted octanol–water partition coefficient (Wildman–Crippen LogP) is 6.20. The molecular weight excluding hydrogens is 586 g/mol. The average molecular weight is 611 g/mol. The number of carbonyl (C=O) groups excluding carboxylic acids is 1. The highest BCUT2D eigenvalue weighted by Gasteiger charge is 2.32. The van der Waals surface area contributed by atoms with E-state index in [1.165, 1.54) is 11.3 Å². The minimum Gasteiger partial charge on any atom is -0.457 e. The second-order valence-electron chi connectivity index (χ2n) is 9.47. The van der Waals surface area contributed by atoms with Crippen LogP contribution in [0.1, 0.15) is 29.9 Å². The fourth-order valence-corrected chi connectivity index (χ4v) is 6.09. The number of nitrogens with one attached hydrogen (secondary N) is 1. The SMILES string of the molecule is CC1=C(C(=O)Nc2ccccc2C)[C@@H](c2ccccc2)n2c(s/c(=C/c3ccc(-c4ccc(Br)cc4)o3)c2=O)=N1. The number of nitrogens with zero attached hydrogens (tertiary/aromatic N) is 2. The van der Waals surface area contributed by atoms with Crippen molar-refractivity contribution in [2.45, 2.75) is 19.9 Å². The molecule has 0 aliphatic carbocycles. The molecule has 0 saturated carbocycles. The number of aromatic nitrogens is 1. The van der Waals surface area contributed by atoms with Crippen molar-refractivity contribution in [1.82, 2.24) is 4.57 Å². The summed E-state index contributed by atoms with van der Waals surface area (Å²) in [7, 11) is 0. The largest absolute Gasteiger partial charge is 0.457 e. The minimum atomic E-state index is -0.626. The lowest BCUT2D eigenvalue weighted by molar-refractivity contribution is -0.113. The first-order chi connectivity index (χ1) is 19.4. The van der Waals surface area contributed by atoms with E-state index in [2.05, 4.69) is 21.2 Å². The molecule has 3 aromatic carbocycles. The predicted molar refractivity (Wildman–Crippen MR) is 162 cm³/mol. The Morgan fingerprint density at radius 2 is 1.70 bits per heavy atom. The number of amides is 1. The van der Waals surface area contributed by atoms with Gasteiger partial charge in [-0.1, -0.05) is 87.9 Å². The van der Waals surface area contributed by atoms with Gasteiger partial charge in [0.1, 0.15) is 11.5 Å². The molecule has 5 aromatic rings. The normalized spacial score (nSPS) is 15.1. The summed E-state index contributed by atoms with van der Waals surface area (Å²) in [5.74, 6) is 0.983. The Bertz CT molecular complexity index is 1950. The Morgan fingerprint density at radius 3 is 2.45 bits per heavy atom. The number of thiazole rings is 1. The van der Waals surface area contributed by atoms with Gasteiger partial charge in [-0.2, -0.15) is 0 Å². The summed E-state index contributed by atoms with van der Waals surface area (Å²) in [4.78, 5) is 32.9. The molecule has 2 aromatic heterocycles. The van der Waals surface area contributed by atoms with Crippen LogP contribution in [-0.2, 0) is 4.79 Å². The smallest absolute Gasteiger partial charge is 0.271 e. The van der Waals surface area contributed by atoms with Gasteiger partial charge in [0.05, 0.1) is 21.8 Å². The van der Waals surface area contributed by atoms with Gasteiger partial charge in [-0.25, -0.2) is 4.99 Å². The molecule has 0 saturated heterocycles. The van der Waals surface area contributed by atoms with Crippen LogP contribution < -0.4 is 20.2 Å². The van der Waals surface area contributed by atoms with Gasteiger partial charge in [-0.05, 0) is 55.3 Å².